The van der Waals surface area contributed by atoms with Crippen LogP contribution in [0.25, 0.3) is 21.8 Å². The normalized spacial score (nSPS) is 12.9. The Morgan fingerprint density at radius 1 is 0.583 bits per heavy atom. The lowest BCUT2D eigenvalue weighted by Crippen LogP contribution is -1.93. The van der Waals surface area contributed by atoms with E-state index < -0.39 is 0 Å². The molecule has 0 saturated heterocycles. The smallest absolute Gasteiger partial charge is 0.231 e. The fourth-order valence-corrected chi connectivity index (χ4v) is 5.78. The van der Waals surface area contributed by atoms with Crippen molar-refractivity contribution in [2.75, 3.05) is 6.79 Å². The molecule has 0 fully saturated rings. The summed E-state index contributed by atoms with van der Waals surface area (Å²) in [6.45, 7) is 17.9. The van der Waals surface area contributed by atoms with Crippen LogP contribution >= 0.6 is 0 Å². The van der Waals surface area contributed by atoms with Gasteiger partial charge in [0.25, 0.3) is 0 Å². The standard InChI is InChI=1S/C11H13N.C11H15N.C10H12N2.C10H12O2/c1-8(2)9-3-4-11-10(7-9)5-6-12-11;1-8(2)10-6-9-4-3-5-11(9)12-7-10;1-7(2)8-3-4-9-6-11-12-10(9)5-8;1-7(2)8-3-4-9-10(5-8)12-6-11-9/h3-8,12H,1-2H3;6-8H,3-5H2,1-2H3;3-7H,1-2H3,(H,11,12);3-5,7H,6H2,1-2H3. The molecule has 4 heterocycles. The molecule has 2 aliphatic rings. The highest BCUT2D eigenvalue weighted by Crippen LogP contribution is 2.34. The number of benzene rings is 3. The van der Waals surface area contributed by atoms with Crippen molar-refractivity contribution >= 4 is 21.8 Å². The van der Waals surface area contributed by atoms with E-state index in [1.165, 1.54) is 69.1 Å². The van der Waals surface area contributed by atoms with Crippen LogP contribution in [0.2, 0.25) is 0 Å². The average molecular weight is 645 g/mol. The second-order valence-electron chi connectivity index (χ2n) is 14.0. The lowest BCUT2D eigenvalue weighted by Gasteiger charge is -2.06. The molecule has 6 aromatic rings. The quantitative estimate of drug-likeness (QED) is 0.200. The summed E-state index contributed by atoms with van der Waals surface area (Å²) in [5.74, 6) is 4.09. The molecule has 6 heteroatoms. The maximum Gasteiger partial charge on any atom is 0.231 e. The first-order valence-corrected chi connectivity index (χ1v) is 17.5. The second kappa shape index (κ2) is 16.0. The number of rotatable bonds is 4. The highest BCUT2D eigenvalue weighted by atomic mass is 16.7. The Morgan fingerprint density at radius 2 is 1.25 bits per heavy atom. The van der Waals surface area contributed by atoms with Gasteiger partial charge in [-0.3, -0.25) is 10.1 Å². The molecule has 0 bridgehead atoms. The van der Waals surface area contributed by atoms with E-state index in [2.05, 4.69) is 130 Å². The fourth-order valence-electron chi connectivity index (χ4n) is 5.78. The second-order valence-corrected chi connectivity index (χ2v) is 14.0. The molecule has 252 valence electrons. The van der Waals surface area contributed by atoms with Crippen molar-refractivity contribution < 1.29 is 9.47 Å². The third kappa shape index (κ3) is 8.85. The number of nitrogens with zero attached hydrogens (tertiary/aromatic N) is 2. The zero-order valence-electron chi connectivity index (χ0n) is 29.9. The first-order valence-electron chi connectivity index (χ1n) is 17.5. The zero-order valence-corrected chi connectivity index (χ0v) is 29.9. The molecule has 0 saturated carbocycles. The van der Waals surface area contributed by atoms with Crippen LogP contribution in [0, 0.1) is 0 Å². The number of aromatic nitrogens is 4. The number of hydrogen-bond donors (Lipinski definition) is 2. The number of aromatic amines is 2. The topological polar surface area (TPSA) is 75.8 Å². The van der Waals surface area contributed by atoms with Crippen molar-refractivity contribution in [1.29, 1.82) is 0 Å². The van der Waals surface area contributed by atoms with Gasteiger partial charge in [0.15, 0.2) is 11.5 Å². The molecule has 3 aromatic carbocycles. The molecule has 8 rings (SSSR count). The van der Waals surface area contributed by atoms with Gasteiger partial charge in [-0.25, -0.2) is 0 Å². The predicted molar refractivity (Wildman–Crippen MR) is 200 cm³/mol. The Labute approximate surface area is 286 Å². The molecule has 1 aliphatic heterocycles. The first kappa shape index (κ1) is 34.7. The minimum Gasteiger partial charge on any atom is -0.454 e. The average Bonchev–Trinajstić information content (AvgIpc) is 3.91. The minimum atomic E-state index is 0.358. The first-order chi connectivity index (χ1) is 23.1. The number of ether oxygens (including phenoxy) is 2. The Bertz CT molecular complexity index is 1770. The number of fused-ring (bicyclic) bond motifs is 4. The predicted octanol–water partition coefficient (Wildman–Crippen LogP) is 11.2. The molecule has 0 atom stereocenters. The Kier molecular flexibility index (Phi) is 11.6. The summed E-state index contributed by atoms with van der Waals surface area (Å²) in [5, 5.41) is 9.43. The van der Waals surface area contributed by atoms with Crippen molar-refractivity contribution in [3.8, 4) is 11.5 Å². The van der Waals surface area contributed by atoms with Gasteiger partial charge >= 0.3 is 0 Å². The lowest BCUT2D eigenvalue weighted by atomic mass is 10.0. The third-order valence-corrected chi connectivity index (χ3v) is 9.05. The SMILES string of the molecule is CC(C)c1ccc2[nH]ccc2c1.CC(C)c1ccc2c(c1)OCO2.CC(C)c1ccc2cn[nH]c2c1.CC(C)c1cnc2c(c1)CCC2. The molecule has 3 aromatic heterocycles. The summed E-state index contributed by atoms with van der Waals surface area (Å²) >= 11 is 0. The van der Waals surface area contributed by atoms with Crippen molar-refractivity contribution in [2.45, 2.75) is 98.3 Å². The van der Waals surface area contributed by atoms with Gasteiger partial charge in [-0.2, -0.15) is 5.10 Å². The summed E-state index contributed by atoms with van der Waals surface area (Å²) in [6, 6.07) is 23.5. The van der Waals surface area contributed by atoms with E-state index in [0.29, 0.717) is 30.5 Å². The van der Waals surface area contributed by atoms with E-state index in [1.807, 2.05) is 30.7 Å². The molecular formula is C42H52N4O2. The van der Waals surface area contributed by atoms with Crippen molar-refractivity contribution in [1.82, 2.24) is 20.2 Å². The number of nitrogens with one attached hydrogen (secondary N) is 2. The van der Waals surface area contributed by atoms with Crippen LogP contribution in [0.15, 0.2) is 85.3 Å². The van der Waals surface area contributed by atoms with Gasteiger partial charge in [0.2, 0.25) is 6.79 Å². The number of H-pyrrole nitrogens is 2. The highest BCUT2D eigenvalue weighted by Gasteiger charge is 2.14. The third-order valence-electron chi connectivity index (χ3n) is 9.05. The van der Waals surface area contributed by atoms with Crippen molar-refractivity contribution in [3.63, 3.8) is 0 Å². The van der Waals surface area contributed by atoms with Crippen LogP contribution in [-0.4, -0.2) is 27.0 Å². The monoisotopic (exact) mass is 644 g/mol. The molecule has 6 nitrogen and oxygen atoms in total. The summed E-state index contributed by atoms with van der Waals surface area (Å²) in [7, 11) is 0. The van der Waals surface area contributed by atoms with E-state index >= 15 is 0 Å². The largest absolute Gasteiger partial charge is 0.454 e. The van der Waals surface area contributed by atoms with Crippen LogP contribution in [0.4, 0.5) is 0 Å². The Hall–Kier alpha value is -4.58. The van der Waals surface area contributed by atoms with E-state index in [1.54, 1.807) is 0 Å². The van der Waals surface area contributed by atoms with E-state index in [4.69, 9.17) is 9.47 Å². The number of pyridine rings is 1. The van der Waals surface area contributed by atoms with Gasteiger partial charge in [-0.1, -0.05) is 85.7 Å². The molecule has 48 heavy (non-hydrogen) atoms. The van der Waals surface area contributed by atoms with Gasteiger partial charge < -0.3 is 14.5 Å². The summed E-state index contributed by atoms with van der Waals surface area (Å²) < 4.78 is 10.5. The van der Waals surface area contributed by atoms with Gasteiger partial charge in [-0.05, 0) is 113 Å². The summed E-state index contributed by atoms with van der Waals surface area (Å²) in [5.41, 5.74) is 10.6. The Morgan fingerprint density at radius 3 is 2.00 bits per heavy atom. The van der Waals surface area contributed by atoms with Crippen molar-refractivity contribution in [3.05, 3.63) is 119 Å². The summed E-state index contributed by atoms with van der Waals surface area (Å²) in [4.78, 5) is 7.67. The van der Waals surface area contributed by atoms with Crippen molar-refractivity contribution in [2.24, 2.45) is 0 Å². The minimum absolute atomic E-state index is 0.358. The van der Waals surface area contributed by atoms with Gasteiger partial charge in [0.05, 0.1) is 11.7 Å². The van der Waals surface area contributed by atoms with Gasteiger partial charge in [0, 0.05) is 29.0 Å². The van der Waals surface area contributed by atoms with Crippen LogP contribution in [0.1, 0.15) is 119 Å². The van der Waals surface area contributed by atoms with Crippen LogP contribution in [-0.2, 0) is 12.8 Å². The lowest BCUT2D eigenvalue weighted by molar-refractivity contribution is 0.174. The van der Waals surface area contributed by atoms with Gasteiger partial charge in [-0.15, -0.1) is 0 Å². The van der Waals surface area contributed by atoms with E-state index in [9.17, 15) is 0 Å². The molecular weight excluding hydrogens is 592 g/mol. The van der Waals surface area contributed by atoms with Gasteiger partial charge in [0.1, 0.15) is 0 Å². The van der Waals surface area contributed by atoms with Crippen LogP contribution in [0.5, 0.6) is 11.5 Å². The molecule has 0 unspecified atom stereocenters. The van der Waals surface area contributed by atoms with Crippen LogP contribution in [0.3, 0.4) is 0 Å². The van der Waals surface area contributed by atoms with E-state index in [-0.39, 0.29) is 0 Å². The molecule has 0 amide bonds. The number of aryl methyl sites for hydroxylation is 2. The summed E-state index contributed by atoms with van der Waals surface area (Å²) in [6.07, 6.45) is 9.59. The highest BCUT2D eigenvalue weighted by molar-refractivity contribution is 5.80. The molecule has 0 radical (unpaired) electrons. The zero-order chi connectivity index (χ0) is 34.2. The van der Waals surface area contributed by atoms with Crippen LogP contribution < -0.4 is 9.47 Å². The molecule has 2 N–H and O–H groups in total. The van der Waals surface area contributed by atoms with E-state index in [0.717, 1.165) is 17.0 Å². The Balaban J connectivity index is 0.000000125. The number of hydrogen-bond acceptors (Lipinski definition) is 4. The maximum absolute atomic E-state index is 5.27. The molecule has 1 aliphatic carbocycles. The maximum atomic E-state index is 5.27. The molecule has 0 spiro atoms. The fraction of sp³-hybridized carbons (Fsp3) is 0.381.